The summed E-state index contributed by atoms with van der Waals surface area (Å²) >= 11 is 0. The molecule has 2 atom stereocenters. The Hall–Kier alpha value is -4.60. The second-order valence-electron chi connectivity index (χ2n) is 18.6. The van der Waals surface area contributed by atoms with Crippen molar-refractivity contribution in [1.82, 2.24) is 29.5 Å². The van der Waals surface area contributed by atoms with Gasteiger partial charge in [-0.05, 0) is 127 Å². The Bertz CT molecular complexity index is 1890. The molecule has 14 nitrogen and oxygen atoms in total. The highest BCUT2D eigenvalue weighted by molar-refractivity contribution is 6.03. The van der Waals surface area contributed by atoms with Crippen LogP contribution in [0.1, 0.15) is 128 Å². The number of alkyl halides is 2. The molecule has 0 aromatic carbocycles. The van der Waals surface area contributed by atoms with E-state index in [0.29, 0.717) is 42.2 Å². The van der Waals surface area contributed by atoms with Crippen molar-refractivity contribution in [3.8, 4) is 11.5 Å². The zero-order chi connectivity index (χ0) is 41.9. The van der Waals surface area contributed by atoms with E-state index in [1.807, 2.05) is 0 Å². The molecule has 0 spiro atoms. The number of anilines is 2. The van der Waals surface area contributed by atoms with Gasteiger partial charge in [-0.1, -0.05) is 20.8 Å². The van der Waals surface area contributed by atoms with Crippen molar-refractivity contribution in [2.75, 3.05) is 43.4 Å². The molecule has 16 heteroatoms. The van der Waals surface area contributed by atoms with E-state index in [4.69, 9.17) is 9.15 Å². The van der Waals surface area contributed by atoms with Gasteiger partial charge in [0.25, 0.3) is 12.3 Å². The van der Waals surface area contributed by atoms with Gasteiger partial charge in [-0.3, -0.25) is 14.4 Å². The van der Waals surface area contributed by atoms with E-state index in [1.165, 1.54) is 17.3 Å². The number of ether oxygens (including phenoxy) is 1. The van der Waals surface area contributed by atoms with Gasteiger partial charge < -0.3 is 29.4 Å². The Morgan fingerprint density at radius 1 is 1.02 bits per heavy atom. The van der Waals surface area contributed by atoms with Crippen LogP contribution in [0.5, 0.6) is 0 Å². The average molecular weight is 811 g/mol. The standard InChI is InChI=1S/C42H60F2N8O6/c1-41(2,3)33-20-26(16-19-50(33)39(54)55)15-18-49(7)22-27-10-12-30(13-11-27)52-24-31(35(48-52)36(43)44)46-37(53)32-25-57-38(47-32)29-14-17-45-34(21-29)51(23-28-8-9-28)40(56)58-42(4,5)6/h14,17,21,24-28,30,33,36H,8-13,15-16,18-20,22-23H2,1-7H3,(H,46,53)(H,54,55). The molecule has 2 unspecified atom stereocenters. The Morgan fingerprint density at radius 2 is 1.71 bits per heavy atom. The fourth-order valence-corrected chi connectivity index (χ4v) is 8.26. The van der Waals surface area contributed by atoms with Crippen molar-refractivity contribution >= 4 is 29.6 Å². The zero-order valence-corrected chi connectivity index (χ0v) is 34.9. The van der Waals surface area contributed by atoms with E-state index >= 15 is 0 Å². The Morgan fingerprint density at radius 3 is 2.34 bits per heavy atom. The van der Waals surface area contributed by atoms with Gasteiger partial charge in [0.2, 0.25) is 5.89 Å². The predicted octanol–water partition coefficient (Wildman–Crippen LogP) is 9.13. The summed E-state index contributed by atoms with van der Waals surface area (Å²) in [5.41, 5.74) is -1.01. The summed E-state index contributed by atoms with van der Waals surface area (Å²) in [7, 11) is 2.14. The molecule has 2 saturated carbocycles. The van der Waals surface area contributed by atoms with E-state index in [1.54, 1.807) is 42.5 Å². The Balaban J connectivity index is 1.02. The minimum Gasteiger partial charge on any atom is -0.465 e. The van der Waals surface area contributed by atoms with Gasteiger partial charge in [0, 0.05) is 43.6 Å². The second-order valence-corrected chi connectivity index (χ2v) is 18.6. The molecule has 3 aromatic heterocycles. The highest BCUT2D eigenvalue weighted by Crippen LogP contribution is 2.38. The van der Waals surface area contributed by atoms with E-state index in [2.05, 4.69) is 53.1 Å². The molecule has 0 radical (unpaired) electrons. The highest BCUT2D eigenvalue weighted by Gasteiger charge is 2.39. The van der Waals surface area contributed by atoms with Crippen LogP contribution in [-0.2, 0) is 4.74 Å². The summed E-state index contributed by atoms with van der Waals surface area (Å²) < 4.78 is 41.3. The molecule has 4 heterocycles. The van der Waals surface area contributed by atoms with Gasteiger partial charge in [-0.25, -0.2) is 28.3 Å². The van der Waals surface area contributed by atoms with Crippen LogP contribution in [0.4, 0.5) is 29.9 Å². The molecule has 3 amide bonds. The Kier molecular flexibility index (Phi) is 13.1. The molecule has 1 saturated heterocycles. The van der Waals surface area contributed by atoms with Crippen LogP contribution in [0.25, 0.3) is 11.5 Å². The monoisotopic (exact) mass is 810 g/mol. The van der Waals surface area contributed by atoms with Crippen LogP contribution >= 0.6 is 0 Å². The van der Waals surface area contributed by atoms with Crippen LogP contribution < -0.4 is 10.2 Å². The van der Waals surface area contributed by atoms with Gasteiger partial charge in [-0.15, -0.1) is 0 Å². The number of halogens is 2. The summed E-state index contributed by atoms with van der Waals surface area (Å²) in [4.78, 5) is 52.4. The van der Waals surface area contributed by atoms with Gasteiger partial charge in [-0.2, -0.15) is 5.10 Å². The minimum atomic E-state index is -2.90. The summed E-state index contributed by atoms with van der Waals surface area (Å²) in [6.07, 6.45) is 8.17. The first-order valence-electron chi connectivity index (χ1n) is 20.6. The first-order chi connectivity index (χ1) is 27.3. The first-order valence-corrected chi connectivity index (χ1v) is 20.6. The predicted molar refractivity (Wildman–Crippen MR) is 215 cm³/mol. The molecule has 6 rings (SSSR count). The topological polar surface area (TPSA) is 159 Å². The number of amides is 3. The molecule has 3 aliphatic rings. The van der Waals surface area contributed by atoms with Crippen molar-refractivity contribution in [2.45, 2.75) is 123 Å². The summed E-state index contributed by atoms with van der Waals surface area (Å²) in [6, 6.07) is 3.22. The fraction of sp³-hybridized carbons (Fsp3) is 0.667. The third kappa shape index (κ3) is 11.1. The van der Waals surface area contributed by atoms with E-state index in [9.17, 15) is 28.3 Å². The van der Waals surface area contributed by atoms with Crippen molar-refractivity contribution < 1.29 is 37.4 Å². The largest absolute Gasteiger partial charge is 0.465 e. The minimum absolute atomic E-state index is 0.00960. The molecule has 2 aliphatic carbocycles. The van der Waals surface area contributed by atoms with Gasteiger partial charge >= 0.3 is 12.2 Å². The molecule has 3 aromatic rings. The van der Waals surface area contributed by atoms with Crippen molar-refractivity contribution in [3.05, 3.63) is 42.2 Å². The van der Waals surface area contributed by atoms with Crippen molar-refractivity contribution in [1.29, 1.82) is 0 Å². The van der Waals surface area contributed by atoms with E-state index in [0.717, 1.165) is 77.1 Å². The number of oxazole rings is 1. The number of pyridine rings is 1. The highest BCUT2D eigenvalue weighted by atomic mass is 19.3. The summed E-state index contributed by atoms with van der Waals surface area (Å²) in [6.45, 7) is 14.7. The number of nitrogens with one attached hydrogen (secondary N) is 1. The number of aromatic nitrogens is 4. The lowest BCUT2D eigenvalue weighted by Crippen LogP contribution is -2.51. The normalized spacial score (nSPS) is 21.7. The molecule has 2 N–H and O–H groups in total. The van der Waals surface area contributed by atoms with Crippen LogP contribution in [0, 0.1) is 23.2 Å². The summed E-state index contributed by atoms with van der Waals surface area (Å²) in [5, 5.41) is 16.5. The SMILES string of the molecule is CN(CCC1CCN(C(=O)O)C(C(C)(C)C)C1)CC1CCC(n2cc(NC(=O)c3coc(-c4ccnc(N(CC5CC5)C(=O)OC(C)(C)C)c4)n3)c(C(F)F)n2)CC1. The van der Waals surface area contributed by atoms with Crippen molar-refractivity contribution in [3.63, 3.8) is 0 Å². The third-order valence-electron chi connectivity index (χ3n) is 11.6. The number of nitrogens with zero attached hydrogens (tertiary/aromatic N) is 7. The number of carbonyl (C=O) groups is 3. The number of carbonyl (C=O) groups excluding carboxylic acids is 2. The fourth-order valence-electron chi connectivity index (χ4n) is 8.26. The first kappa shape index (κ1) is 43.0. The maximum atomic E-state index is 14.2. The second kappa shape index (κ2) is 17.7. The van der Waals surface area contributed by atoms with Crippen LogP contribution in [0.15, 0.2) is 35.2 Å². The van der Waals surface area contributed by atoms with Gasteiger partial charge in [0.15, 0.2) is 11.4 Å². The smallest absolute Gasteiger partial charge is 0.416 e. The molecular weight excluding hydrogens is 751 g/mol. The lowest BCUT2D eigenvalue weighted by Gasteiger charge is -2.45. The molecule has 1 aliphatic heterocycles. The molecule has 58 heavy (non-hydrogen) atoms. The summed E-state index contributed by atoms with van der Waals surface area (Å²) in [5.74, 6) is 1.06. The van der Waals surface area contributed by atoms with E-state index < -0.39 is 35.8 Å². The number of hydrogen-bond acceptors (Lipinski definition) is 9. The molecule has 318 valence electrons. The number of likely N-dealkylation sites (tertiary alicyclic amines) is 1. The van der Waals surface area contributed by atoms with Crippen molar-refractivity contribution in [2.24, 2.45) is 23.2 Å². The van der Waals surface area contributed by atoms with Gasteiger partial charge in [0.1, 0.15) is 17.7 Å². The quantitative estimate of drug-likeness (QED) is 0.171. The lowest BCUT2D eigenvalue weighted by molar-refractivity contribution is 0.0369. The Labute approximate surface area is 339 Å². The van der Waals surface area contributed by atoms with Crippen LogP contribution in [0.2, 0.25) is 0 Å². The van der Waals surface area contributed by atoms with Crippen LogP contribution in [0.3, 0.4) is 0 Å². The number of hydrogen-bond donors (Lipinski definition) is 2. The van der Waals surface area contributed by atoms with E-state index in [-0.39, 0.29) is 34.8 Å². The maximum Gasteiger partial charge on any atom is 0.416 e. The van der Waals surface area contributed by atoms with Crippen LogP contribution in [-0.4, -0.2) is 97.6 Å². The number of carboxylic acid groups (broad SMARTS) is 1. The molecule has 3 fully saturated rings. The maximum absolute atomic E-state index is 14.2. The number of piperidine rings is 1. The zero-order valence-electron chi connectivity index (χ0n) is 34.9. The van der Waals surface area contributed by atoms with Gasteiger partial charge in [0.05, 0.1) is 11.7 Å². The number of rotatable bonds is 13. The third-order valence-corrected chi connectivity index (χ3v) is 11.6. The lowest BCUT2D eigenvalue weighted by atomic mass is 9.76. The average Bonchev–Trinajstić information content (AvgIpc) is 3.65. The molecule has 0 bridgehead atoms. The molecular formula is C42H60F2N8O6.